The lowest BCUT2D eigenvalue weighted by Gasteiger charge is -2.15. The second-order valence-corrected chi connectivity index (χ2v) is 3.31. The molecule has 1 heterocycles. The molecule has 98 valence electrons. The summed E-state index contributed by atoms with van der Waals surface area (Å²) in [7, 11) is 0.999. The van der Waals surface area contributed by atoms with Crippen molar-refractivity contribution in [1.29, 1.82) is 0 Å². The van der Waals surface area contributed by atoms with Crippen molar-refractivity contribution in [2.24, 2.45) is 0 Å². The minimum atomic E-state index is -1.94. The van der Waals surface area contributed by atoms with Crippen LogP contribution in [-0.2, 0) is 9.53 Å². The molecule has 0 aliphatic heterocycles. The number of halogens is 1. The number of aromatic carboxylic acids is 1. The maximum Gasteiger partial charge on any atom is 0.338 e. The Morgan fingerprint density at radius 3 is 2.56 bits per heavy atom. The standard InChI is InChI=1S/C10H10FNO6/c1-18-10(17)8(14)7(13)6-2-4(9(15)16)5(11)3-12-6/h2-3,7-8,13-14H,1H3,(H,15,16). The van der Waals surface area contributed by atoms with E-state index in [-0.39, 0.29) is 5.69 Å². The Morgan fingerprint density at radius 1 is 1.44 bits per heavy atom. The highest BCUT2D eigenvalue weighted by Crippen LogP contribution is 2.18. The SMILES string of the molecule is COC(=O)C(O)C(O)c1cc(C(=O)O)c(F)cn1. The Morgan fingerprint density at radius 2 is 2.06 bits per heavy atom. The number of methoxy groups -OCH3 is 1. The zero-order chi connectivity index (χ0) is 13.9. The number of esters is 1. The number of ether oxygens (including phenoxy) is 1. The van der Waals surface area contributed by atoms with Crippen molar-refractivity contribution >= 4 is 11.9 Å². The zero-order valence-corrected chi connectivity index (χ0v) is 9.20. The van der Waals surface area contributed by atoms with Crippen LogP contribution in [0.4, 0.5) is 4.39 Å². The number of nitrogens with zero attached hydrogens (tertiary/aromatic N) is 1. The lowest BCUT2D eigenvalue weighted by molar-refractivity contribution is -0.157. The van der Waals surface area contributed by atoms with Gasteiger partial charge in [-0.2, -0.15) is 0 Å². The number of hydrogen-bond donors (Lipinski definition) is 3. The molecule has 0 saturated carbocycles. The average molecular weight is 259 g/mol. The van der Waals surface area contributed by atoms with Crippen LogP contribution in [0, 0.1) is 5.82 Å². The molecular weight excluding hydrogens is 249 g/mol. The summed E-state index contributed by atoms with van der Waals surface area (Å²) in [6.07, 6.45) is -3.17. The zero-order valence-electron chi connectivity index (χ0n) is 9.20. The Kier molecular flexibility index (Phi) is 4.29. The number of hydrogen-bond acceptors (Lipinski definition) is 6. The number of carboxylic acid groups (broad SMARTS) is 1. The van der Waals surface area contributed by atoms with Crippen molar-refractivity contribution in [3.63, 3.8) is 0 Å². The number of aliphatic hydroxyl groups excluding tert-OH is 2. The van der Waals surface area contributed by atoms with Gasteiger partial charge in [0.05, 0.1) is 24.6 Å². The molecule has 0 bridgehead atoms. The maximum atomic E-state index is 13.0. The van der Waals surface area contributed by atoms with Gasteiger partial charge < -0.3 is 20.1 Å². The molecule has 0 aliphatic carbocycles. The predicted molar refractivity (Wildman–Crippen MR) is 54.1 cm³/mol. The predicted octanol–water partition coefficient (Wildman–Crippen LogP) is -0.514. The van der Waals surface area contributed by atoms with E-state index >= 15 is 0 Å². The van der Waals surface area contributed by atoms with Gasteiger partial charge in [-0.25, -0.2) is 14.0 Å². The summed E-state index contributed by atoms with van der Waals surface area (Å²) in [5.41, 5.74) is -1.08. The molecule has 7 nitrogen and oxygen atoms in total. The summed E-state index contributed by atoms with van der Waals surface area (Å²) in [4.78, 5) is 25.0. The highest BCUT2D eigenvalue weighted by Gasteiger charge is 2.28. The minimum Gasteiger partial charge on any atom is -0.478 e. The Labute approximate surface area is 100 Å². The van der Waals surface area contributed by atoms with Gasteiger partial charge in [-0.05, 0) is 6.07 Å². The highest BCUT2D eigenvalue weighted by molar-refractivity contribution is 5.88. The van der Waals surface area contributed by atoms with Crippen LogP contribution in [0.25, 0.3) is 0 Å². The molecule has 0 aliphatic rings. The normalized spacial score (nSPS) is 13.8. The summed E-state index contributed by atoms with van der Waals surface area (Å²) in [6, 6.07) is 0.731. The molecule has 3 N–H and O–H groups in total. The van der Waals surface area contributed by atoms with Gasteiger partial charge in [0.1, 0.15) is 6.10 Å². The second-order valence-electron chi connectivity index (χ2n) is 3.31. The van der Waals surface area contributed by atoms with Gasteiger partial charge in [0.2, 0.25) is 0 Å². The molecule has 0 aromatic carbocycles. The molecule has 0 saturated heterocycles. The number of carboxylic acids is 1. The fourth-order valence-electron chi connectivity index (χ4n) is 1.19. The smallest absolute Gasteiger partial charge is 0.338 e. The molecule has 1 aromatic heterocycles. The van der Waals surface area contributed by atoms with E-state index in [1.807, 2.05) is 0 Å². The lowest BCUT2D eigenvalue weighted by atomic mass is 10.1. The molecule has 8 heteroatoms. The van der Waals surface area contributed by atoms with Crippen LogP contribution in [0.3, 0.4) is 0 Å². The van der Waals surface area contributed by atoms with Gasteiger partial charge in [0.15, 0.2) is 11.9 Å². The van der Waals surface area contributed by atoms with Gasteiger partial charge in [-0.1, -0.05) is 0 Å². The third kappa shape index (κ3) is 2.79. The van der Waals surface area contributed by atoms with Crippen LogP contribution >= 0.6 is 0 Å². The fourth-order valence-corrected chi connectivity index (χ4v) is 1.19. The first-order chi connectivity index (χ1) is 8.38. The molecule has 0 fully saturated rings. The molecule has 0 spiro atoms. The van der Waals surface area contributed by atoms with Crippen LogP contribution in [0.2, 0.25) is 0 Å². The Hall–Kier alpha value is -2.06. The van der Waals surface area contributed by atoms with E-state index in [0.717, 1.165) is 13.2 Å². The monoisotopic (exact) mass is 259 g/mol. The van der Waals surface area contributed by atoms with E-state index in [4.69, 9.17) is 5.11 Å². The number of carbonyl (C=O) groups excluding carboxylic acids is 1. The van der Waals surface area contributed by atoms with E-state index < -0.39 is 35.5 Å². The maximum absolute atomic E-state index is 13.0. The molecule has 18 heavy (non-hydrogen) atoms. The lowest BCUT2D eigenvalue weighted by Crippen LogP contribution is -2.29. The second kappa shape index (κ2) is 5.52. The first-order valence-electron chi connectivity index (χ1n) is 4.71. The van der Waals surface area contributed by atoms with Crippen molar-refractivity contribution in [3.05, 3.63) is 29.3 Å². The van der Waals surface area contributed by atoms with Gasteiger partial charge in [0.25, 0.3) is 0 Å². The van der Waals surface area contributed by atoms with Crippen LogP contribution < -0.4 is 0 Å². The van der Waals surface area contributed by atoms with Crippen molar-refractivity contribution in [1.82, 2.24) is 4.98 Å². The number of rotatable bonds is 4. The van der Waals surface area contributed by atoms with Crippen molar-refractivity contribution in [2.75, 3.05) is 7.11 Å². The average Bonchev–Trinajstić information content (AvgIpc) is 2.36. The molecule has 2 unspecified atom stereocenters. The first-order valence-corrected chi connectivity index (χ1v) is 4.71. The van der Waals surface area contributed by atoms with E-state index in [1.165, 1.54) is 0 Å². The fraction of sp³-hybridized carbons (Fsp3) is 0.300. The number of aliphatic hydroxyl groups is 2. The number of aromatic nitrogens is 1. The summed E-state index contributed by atoms with van der Waals surface area (Å²) in [5, 5.41) is 27.6. The highest BCUT2D eigenvalue weighted by atomic mass is 19.1. The van der Waals surface area contributed by atoms with E-state index in [9.17, 15) is 24.2 Å². The summed E-state index contributed by atoms with van der Waals surface area (Å²) in [6.45, 7) is 0. The molecule has 1 rings (SSSR count). The molecular formula is C10H10FNO6. The third-order valence-corrected chi connectivity index (χ3v) is 2.15. The molecule has 0 radical (unpaired) electrons. The topological polar surface area (TPSA) is 117 Å². The Bertz CT molecular complexity index is 477. The van der Waals surface area contributed by atoms with Crippen molar-refractivity contribution in [2.45, 2.75) is 12.2 Å². The largest absolute Gasteiger partial charge is 0.478 e. The number of pyridine rings is 1. The summed E-state index contributed by atoms with van der Waals surface area (Å²) in [5.74, 6) is -3.77. The van der Waals surface area contributed by atoms with Crippen LogP contribution in [0.1, 0.15) is 22.2 Å². The van der Waals surface area contributed by atoms with Crippen molar-refractivity contribution in [3.8, 4) is 0 Å². The summed E-state index contributed by atoms with van der Waals surface area (Å²) >= 11 is 0. The van der Waals surface area contributed by atoms with Gasteiger partial charge >= 0.3 is 11.9 Å². The quantitative estimate of drug-likeness (QED) is 0.623. The van der Waals surface area contributed by atoms with E-state index in [1.54, 1.807) is 0 Å². The third-order valence-electron chi connectivity index (χ3n) is 2.15. The summed E-state index contributed by atoms with van der Waals surface area (Å²) < 4.78 is 17.2. The minimum absolute atomic E-state index is 0.355. The number of carbonyl (C=O) groups is 2. The molecule has 0 amide bonds. The van der Waals surface area contributed by atoms with E-state index in [0.29, 0.717) is 6.20 Å². The van der Waals surface area contributed by atoms with Gasteiger partial charge in [0, 0.05) is 0 Å². The first kappa shape index (κ1) is 14.0. The van der Waals surface area contributed by atoms with Crippen LogP contribution in [0.5, 0.6) is 0 Å². The molecule has 1 aromatic rings. The van der Waals surface area contributed by atoms with Crippen LogP contribution in [-0.4, -0.2) is 45.5 Å². The van der Waals surface area contributed by atoms with Gasteiger partial charge in [-0.15, -0.1) is 0 Å². The Balaban J connectivity index is 3.07. The van der Waals surface area contributed by atoms with Gasteiger partial charge in [-0.3, -0.25) is 4.98 Å². The van der Waals surface area contributed by atoms with Crippen molar-refractivity contribution < 1.29 is 34.0 Å². The van der Waals surface area contributed by atoms with E-state index in [2.05, 4.69) is 9.72 Å². The molecule has 2 atom stereocenters. The van der Waals surface area contributed by atoms with Crippen LogP contribution in [0.15, 0.2) is 12.3 Å².